The minimum Gasteiger partial charge on any atom is -0.393 e. The molecule has 96 valence electrons. The first-order valence-electron chi connectivity index (χ1n) is 6.50. The number of aliphatic hydroxyl groups is 1. The van der Waals surface area contributed by atoms with Gasteiger partial charge in [-0.2, -0.15) is 0 Å². The minimum atomic E-state index is -0.0713. The molecular formula is C13H28N2O. The molecule has 0 amide bonds. The van der Waals surface area contributed by atoms with E-state index in [9.17, 15) is 5.11 Å². The van der Waals surface area contributed by atoms with Crippen LogP contribution in [0.15, 0.2) is 0 Å². The number of hydrogen-bond acceptors (Lipinski definition) is 3. The molecular weight excluding hydrogens is 200 g/mol. The van der Waals surface area contributed by atoms with Crippen molar-refractivity contribution in [2.75, 3.05) is 40.8 Å². The van der Waals surface area contributed by atoms with E-state index in [2.05, 4.69) is 37.9 Å². The Kier molecular flexibility index (Phi) is 5.73. The van der Waals surface area contributed by atoms with E-state index in [1.807, 2.05) is 0 Å². The average molecular weight is 228 g/mol. The van der Waals surface area contributed by atoms with Crippen LogP contribution in [0.3, 0.4) is 0 Å². The second kappa shape index (κ2) is 6.58. The Morgan fingerprint density at radius 1 is 1.12 bits per heavy atom. The SMILES string of the molecule is CC1CCC(O)C(CN(C)CCN(C)C)C1. The Hall–Kier alpha value is -0.120. The van der Waals surface area contributed by atoms with Crippen molar-refractivity contribution in [1.29, 1.82) is 0 Å². The van der Waals surface area contributed by atoms with E-state index in [1.54, 1.807) is 0 Å². The van der Waals surface area contributed by atoms with Crippen molar-refractivity contribution in [1.82, 2.24) is 9.80 Å². The fraction of sp³-hybridized carbons (Fsp3) is 1.00. The summed E-state index contributed by atoms with van der Waals surface area (Å²) in [6, 6.07) is 0. The van der Waals surface area contributed by atoms with Crippen molar-refractivity contribution in [3.05, 3.63) is 0 Å². The summed E-state index contributed by atoms with van der Waals surface area (Å²) in [5.41, 5.74) is 0. The van der Waals surface area contributed by atoms with Crippen molar-refractivity contribution < 1.29 is 5.11 Å². The van der Waals surface area contributed by atoms with Gasteiger partial charge < -0.3 is 14.9 Å². The molecule has 0 saturated heterocycles. The molecule has 1 saturated carbocycles. The fourth-order valence-electron chi connectivity index (χ4n) is 2.54. The Bertz CT molecular complexity index is 196. The van der Waals surface area contributed by atoms with Crippen molar-refractivity contribution >= 4 is 0 Å². The first-order valence-corrected chi connectivity index (χ1v) is 6.50. The molecule has 1 fully saturated rings. The van der Waals surface area contributed by atoms with Crippen LogP contribution in [0.5, 0.6) is 0 Å². The molecule has 0 radical (unpaired) electrons. The van der Waals surface area contributed by atoms with E-state index in [1.165, 1.54) is 12.8 Å². The Morgan fingerprint density at radius 2 is 1.81 bits per heavy atom. The second-order valence-corrected chi connectivity index (χ2v) is 5.81. The van der Waals surface area contributed by atoms with Crippen molar-refractivity contribution in [2.45, 2.75) is 32.3 Å². The quantitative estimate of drug-likeness (QED) is 0.768. The van der Waals surface area contributed by atoms with Gasteiger partial charge in [-0.3, -0.25) is 0 Å². The number of likely N-dealkylation sites (N-methyl/N-ethyl adjacent to an activating group) is 2. The van der Waals surface area contributed by atoms with Crippen LogP contribution < -0.4 is 0 Å². The van der Waals surface area contributed by atoms with Crippen molar-refractivity contribution in [3.63, 3.8) is 0 Å². The summed E-state index contributed by atoms with van der Waals surface area (Å²) in [6.07, 6.45) is 3.30. The van der Waals surface area contributed by atoms with Crippen LogP contribution in [0.2, 0.25) is 0 Å². The molecule has 16 heavy (non-hydrogen) atoms. The molecule has 0 aliphatic heterocycles. The summed E-state index contributed by atoms with van der Waals surface area (Å²) in [5, 5.41) is 9.98. The molecule has 0 spiro atoms. The number of aliphatic hydroxyl groups excluding tert-OH is 1. The maximum Gasteiger partial charge on any atom is 0.0580 e. The predicted octanol–water partition coefficient (Wildman–Crippen LogP) is 1.28. The lowest BCUT2D eigenvalue weighted by molar-refractivity contribution is 0.0342. The monoisotopic (exact) mass is 228 g/mol. The Balaban J connectivity index is 2.28. The largest absolute Gasteiger partial charge is 0.393 e. The van der Waals surface area contributed by atoms with Crippen molar-refractivity contribution in [2.24, 2.45) is 11.8 Å². The zero-order valence-electron chi connectivity index (χ0n) is 11.3. The molecule has 0 aromatic rings. The molecule has 3 heteroatoms. The van der Waals surface area contributed by atoms with Gasteiger partial charge in [-0.15, -0.1) is 0 Å². The average Bonchev–Trinajstić information content (AvgIpc) is 2.20. The standard InChI is InChI=1S/C13H28N2O/c1-11-5-6-13(16)12(9-11)10-15(4)8-7-14(2)3/h11-13,16H,5-10H2,1-4H3. The lowest BCUT2D eigenvalue weighted by Crippen LogP contribution is -2.39. The minimum absolute atomic E-state index is 0.0713. The van der Waals surface area contributed by atoms with E-state index in [0.717, 1.165) is 32.0 Å². The van der Waals surface area contributed by atoms with Gasteiger partial charge in [0.25, 0.3) is 0 Å². The number of hydrogen-bond donors (Lipinski definition) is 1. The van der Waals surface area contributed by atoms with E-state index >= 15 is 0 Å². The van der Waals surface area contributed by atoms with Gasteiger partial charge in [-0.25, -0.2) is 0 Å². The molecule has 0 aromatic heterocycles. The van der Waals surface area contributed by atoms with Crippen LogP contribution >= 0.6 is 0 Å². The van der Waals surface area contributed by atoms with Gasteiger partial charge in [0.1, 0.15) is 0 Å². The summed E-state index contributed by atoms with van der Waals surface area (Å²) < 4.78 is 0. The third-order valence-corrected chi connectivity index (χ3v) is 3.68. The van der Waals surface area contributed by atoms with E-state index in [-0.39, 0.29) is 6.10 Å². The molecule has 0 aromatic carbocycles. The van der Waals surface area contributed by atoms with E-state index < -0.39 is 0 Å². The summed E-state index contributed by atoms with van der Waals surface area (Å²) >= 11 is 0. The highest BCUT2D eigenvalue weighted by atomic mass is 16.3. The topological polar surface area (TPSA) is 26.7 Å². The van der Waals surface area contributed by atoms with Crippen LogP contribution in [-0.2, 0) is 0 Å². The Morgan fingerprint density at radius 3 is 2.44 bits per heavy atom. The second-order valence-electron chi connectivity index (χ2n) is 5.81. The summed E-state index contributed by atoms with van der Waals surface area (Å²) in [7, 11) is 6.37. The highest BCUT2D eigenvalue weighted by Gasteiger charge is 2.27. The molecule has 3 nitrogen and oxygen atoms in total. The number of nitrogens with zero attached hydrogens (tertiary/aromatic N) is 2. The van der Waals surface area contributed by atoms with Gasteiger partial charge in [-0.05, 0) is 52.2 Å². The molecule has 3 unspecified atom stereocenters. The third kappa shape index (κ3) is 4.81. The highest BCUT2D eigenvalue weighted by molar-refractivity contribution is 4.80. The van der Waals surface area contributed by atoms with Gasteiger partial charge in [-0.1, -0.05) is 6.92 Å². The fourth-order valence-corrected chi connectivity index (χ4v) is 2.54. The maximum atomic E-state index is 9.98. The predicted molar refractivity (Wildman–Crippen MR) is 68.6 cm³/mol. The Labute approximate surface area is 100 Å². The van der Waals surface area contributed by atoms with Gasteiger partial charge in [0.15, 0.2) is 0 Å². The van der Waals surface area contributed by atoms with Gasteiger partial charge in [0, 0.05) is 19.6 Å². The molecule has 1 rings (SSSR count). The first kappa shape index (κ1) is 13.9. The third-order valence-electron chi connectivity index (χ3n) is 3.68. The lowest BCUT2D eigenvalue weighted by Gasteiger charge is -2.34. The smallest absolute Gasteiger partial charge is 0.0580 e. The van der Waals surface area contributed by atoms with Crippen molar-refractivity contribution in [3.8, 4) is 0 Å². The summed E-state index contributed by atoms with van der Waals surface area (Å²) in [6.45, 7) is 5.53. The lowest BCUT2D eigenvalue weighted by atomic mass is 9.80. The highest BCUT2D eigenvalue weighted by Crippen LogP contribution is 2.29. The van der Waals surface area contributed by atoms with E-state index in [4.69, 9.17) is 0 Å². The normalized spacial score (nSPS) is 31.3. The summed E-state index contributed by atoms with van der Waals surface area (Å²) in [4.78, 5) is 4.56. The summed E-state index contributed by atoms with van der Waals surface area (Å²) in [5.74, 6) is 1.27. The zero-order valence-corrected chi connectivity index (χ0v) is 11.3. The van der Waals surface area contributed by atoms with E-state index in [0.29, 0.717) is 5.92 Å². The number of rotatable bonds is 5. The van der Waals surface area contributed by atoms with Crippen LogP contribution in [0.4, 0.5) is 0 Å². The molecule has 1 aliphatic carbocycles. The van der Waals surface area contributed by atoms with Gasteiger partial charge in [0.2, 0.25) is 0 Å². The first-order chi connectivity index (χ1) is 7.49. The molecule has 3 atom stereocenters. The van der Waals surface area contributed by atoms with Crippen LogP contribution in [0.1, 0.15) is 26.2 Å². The maximum absolute atomic E-state index is 9.98. The molecule has 0 bridgehead atoms. The van der Waals surface area contributed by atoms with Gasteiger partial charge in [0.05, 0.1) is 6.10 Å². The zero-order chi connectivity index (χ0) is 12.1. The molecule has 1 aliphatic rings. The molecule has 0 heterocycles. The van der Waals surface area contributed by atoms with Crippen LogP contribution in [-0.4, -0.2) is 61.8 Å². The molecule has 1 N–H and O–H groups in total. The van der Waals surface area contributed by atoms with Crippen LogP contribution in [0, 0.1) is 11.8 Å². The van der Waals surface area contributed by atoms with Crippen LogP contribution in [0.25, 0.3) is 0 Å². The van der Waals surface area contributed by atoms with Gasteiger partial charge >= 0.3 is 0 Å².